The van der Waals surface area contributed by atoms with Gasteiger partial charge in [0.2, 0.25) is 0 Å². The molecule has 0 amide bonds. The lowest BCUT2D eigenvalue weighted by atomic mass is 10.0. The minimum atomic E-state index is -0.886. The third-order valence-electron chi connectivity index (χ3n) is 4.12. The molecule has 2 aromatic carbocycles. The van der Waals surface area contributed by atoms with E-state index in [1.54, 1.807) is 12.1 Å². The second-order valence-electron chi connectivity index (χ2n) is 5.62. The van der Waals surface area contributed by atoms with Gasteiger partial charge in [-0.3, -0.25) is 0 Å². The van der Waals surface area contributed by atoms with Crippen LogP contribution in [0.15, 0.2) is 54.6 Å². The number of nitrogens with zero attached hydrogens (tertiary/aromatic N) is 1. The summed E-state index contributed by atoms with van der Waals surface area (Å²) in [5.74, 6) is -0.886. The minimum Gasteiger partial charge on any atom is -0.478 e. The van der Waals surface area contributed by atoms with Gasteiger partial charge in [0, 0.05) is 30.5 Å². The second-order valence-corrected chi connectivity index (χ2v) is 5.62. The van der Waals surface area contributed by atoms with Crippen LogP contribution >= 0.6 is 0 Å². The molecular weight excluding hydrogens is 276 g/mol. The van der Waals surface area contributed by atoms with Gasteiger partial charge in [-0.05, 0) is 49.2 Å². The zero-order chi connectivity index (χ0) is 15.4. The highest BCUT2D eigenvalue weighted by atomic mass is 16.4. The normalized spacial score (nSPS) is 15.5. The summed E-state index contributed by atoms with van der Waals surface area (Å²) < 4.78 is 0. The quantitative estimate of drug-likeness (QED) is 0.907. The van der Waals surface area contributed by atoms with E-state index >= 15 is 0 Å². The number of carbonyl (C=O) groups is 1. The predicted octanol–water partition coefficient (Wildman–Crippen LogP) is 3.47. The Hall–Kier alpha value is -2.49. The monoisotopic (exact) mass is 296 g/mol. The molecule has 4 nitrogen and oxygen atoms in total. The summed E-state index contributed by atoms with van der Waals surface area (Å²) in [7, 11) is 0. The number of benzene rings is 2. The summed E-state index contributed by atoms with van der Waals surface area (Å²) in [6, 6.07) is 17.9. The van der Waals surface area contributed by atoms with Gasteiger partial charge in [0.1, 0.15) is 0 Å². The molecule has 22 heavy (non-hydrogen) atoms. The zero-order valence-corrected chi connectivity index (χ0v) is 12.4. The molecule has 1 saturated heterocycles. The Morgan fingerprint density at radius 3 is 2.23 bits per heavy atom. The maximum absolute atomic E-state index is 10.8. The van der Waals surface area contributed by atoms with Crippen molar-refractivity contribution in [1.29, 1.82) is 0 Å². The van der Waals surface area contributed by atoms with Gasteiger partial charge in [0.05, 0.1) is 5.56 Å². The number of aromatic carboxylic acids is 1. The van der Waals surface area contributed by atoms with E-state index in [0.29, 0.717) is 11.6 Å². The van der Waals surface area contributed by atoms with Gasteiger partial charge in [-0.2, -0.15) is 0 Å². The summed E-state index contributed by atoms with van der Waals surface area (Å²) in [5.41, 5.74) is 2.60. The Labute approximate surface area is 130 Å². The summed E-state index contributed by atoms with van der Waals surface area (Å²) in [6.07, 6.45) is 2.16. The molecule has 0 saturated carbocycles. The lowest BCUT2D eigenvalue weighted by Gasteiger charge is -2.34. The van der Waals surface area contributed by atoms with Crippen LogP contribution in [0.25, 0.3) is 0 Å². The van der Waals surface area contributed by atoms with Crippen LogP contribution in [0.4, 0.5) is 11.4 Å². The first-order valence-corrected chi connectivity index (χ1v) is 7.62. The van der Waals surface area contributed by atoms with E-state index in [2.05, 4.69) is 34.5 Å². The first kappa shape index (κ1) is 14.4. The number of nitrogens with one attached hydrogen (secondary N) is 1. The lowest BCUT2D eigenvalue weighted by molar-refractivity contribution is 0.0697. The molecule has 0 aromatic heterocycles. The van der Waals surface area contributed by atoms with Gasteiger partial charge >= 0.3 is 5.97 Å². The second kappa shape index (κ2) is 6.52. The molecule has 0 bridgehead atoms. The van der Waals surface area contributed by atoms with Crippen LogP contribution in [0.5, 0.6) is 0 Å². The smallest absolute Gasteiger partial charge is 0.335 e. The average molecular weight is 296 g/mol. The van der Waals surface area contributed by atoms with Crippen LogP contribution in [-0.4, -0.2) is 30.2 Å². The van der Waals surface area contributed by atoms with E-state index in [0.717, 1.165) is 31.6 Å². The molecule has 1 fully saturated rings. The molecule has 0 radical (unpaired) electrons. The predicted molar refractivity (Wildman–Crippen MR) is 88.7 cm³/mol. The number of hydrogen-bond donors (Lipinski definition) is 2. The molecule has 1 heterocycles. The zero-order valence-electron chi connectivity index (χ0n) is 12.4. The Bertz CT molecular complexity index is 617. The standard InChI is InChI=1S/C18H20N2O2/c21-18(22)14-6-8-15(9-7-14)19-16-10-12-20(13-11-16)17-4-2-1-3-5-17/h1-9,16,19H,10-13H2,(H,21,22). The average Bonchev–Trinajstić information content (AvgIpc) is 2.57. The van der Waals surface area contributed by atoms with Crippen molar-refractivity contribution >= 4 is 17.3 Å². The highest BCUT2D eigenvalue weighted by Gasteiger charge is 2.19. The Kier molecular flexibility index (Phi) is 4.28. The molecule has 0 spiro atoms. The summed E-state index contributed by atoms with van der Waals surface area (Å²) in [5, 5.41) is 12.4. The van der Waals surface area contributed by atoms with Crippen LogP contribution in [0.3, 0.4) is 0 Å². The Balaban J connectivity index is 1.54. The fourth-order valence-electron chi connectivity index (χ4n) is 2.87. The van der Waals surface area contributed by atoms with E-state index in [-0.39, 0.29) is 0 Å². The molecule has 114 valence electrons. The minimum absolute atomic E-state index is 0.324. The van der Waals surface area contributed by atoms with E-state index < -0.39 is 5.97 Å². The molecule has 0 atom stereocenters. The first-order chi connectivity index (χ1) is 10.7. The molecular formula is C18H20N2O2. The molecule has 0 unspecified atom stereocenters. The van der Waals surface area contributed by atoms with Gasteiger partial charge in [-0.15, -0.1) is 0 Å². The SMILES string of the molecule is O=C(O)c1ccc(NC2CCN(c3ccccc3)CC2)cc1. The van der Waals surface area contributed by atoms with Crippen LogP contribution in [0.2, 0.25) is 0 Å². The number of hydrogen-bond acceptors (Lipinski definition) is 3. The fraction of sp³-hybridized carbons (Fsp3) is 0.278. The molecule has 4 heteroatoms. The van der Waals surface area contributed by atoms with Crippen molar-refractivity contribution in [3.63, 3.8) is 0 Å². The van der Waals surface area contributed by atoms with Crippen LogP contribution in [0.1, 0.15) is 23.2 Å². The van der Waals surface area contributed by atoms with Gasteiger partial charge < -0.3 is 15.3 Å². The highest BCUT2D eigenvalue weighted by Crippen LogP contribution is 2.22. The van der Waals surface area contributed by atoms with Gasteiger partial charge in [0.25, 0.3) is 0 Å². The van der Waals surface area contributed by atoms with Crippen LogP contribution < -0.4 is 10.2 Å². The summed E-state index contributed by atoms with van der Waals surface area (Å²) >= 11 is 0. The number of carboxylic acid groups (broad SMARTS) is 1. The summed E-state index contributed by atoms with van der Waals surface area (Å²) in [6.45, 7) is 2.07. The molecule has 0 aliphatic carbocycles. The van der Waals surface area contributed by atoms with Crippen molar-refractivity contribution in [2.75, 3.05) is 23.3 Å². The van der Waals surface area contributed by atoms with E-state index in [1.807, 2.05) is 18.2 Å². The largest absolute Gasteiger partial charge is 0.478 e. The number of para-hydroxylation sites is 1. The van der Waals surface area contributed by atoms with Gasteiger partial charge in [0.15, 0.2) is 0 Å². The van der Waals surface area contributed by atoms with Gasteiger partial charge in [-0.25, -0.2) is 4.79 Å². The van der Waals surface area contributed by atoms with Crippen LogP contribution in [0, 0.1) is 0 Å². The molecule has 1 aliphatic heterocycles. The van der Waals surface area contributed by atoms with Crippen molar-refractivity contribution < 1.29 is 9.90 Å². The van der Waals surface area contributed by atoms with E-state index in [4.69, 9.17) is 5.11 Å². The Morgan fingerprint density at radius 2 is 1.64 bits per heavy atom. The van der Waals surface area contributed by atoms with Crippen molar-refractivity contribution in [1.82, 2.24) is 0 Å². The van der Waals surface area contributed by atoms with Crippen molar-refractivity contribution in [3.05, 3.63) is 60.2 Å². The number of anilines is 2. The third kappa shape index (κ3) is 3.39. The van der Waals surface area contributed by atoms with Crippen molar-refractivity contribution in [3.8, 4) is 0 Å². The molecule has 1 aliphatic rings. The van der Waals surface area contributed by atoms with Crippen molar-refractivity contribution in [2.45, 2.75) is 18.9 Å². The molecule has 2 N–H and O–H groups in total. The first-order valence-electron chi connectivity index (χ1n) is 7.62. The van der Waals surface area contributed by atoms with Gasteiger partial charge in [-0.1, -0.05) is 18.2 Å². The third-order valence-corrected chi connectivity index (χ3v) is 4.12. The maximum Gasteiger partial charge on any atom is 0.335 e. The maximum atomic E-state index is 10.8. The topological polar surface area (TPSA) is 52.6 Å². The number of rotatable bonds is 4. The highest BCUT2D eigenvalue weighted by molar-refractivity contribution is 5.88. The van der Waals surface area contributed by atoms with Crippen LogP contribution in [-0.2, 0) is 0 Å². The molecule has 2 aromatic rings. The number of piperidine rings is 1. The van der Waals surface area contributed by atoms with E-state index in [9.17, 15) is 4.79 Å². The Morgan fingerprint density at radius 1 is 1.00 bits per heavy atom. The van der Waals surface area contributed by atoms with E-state index in [1.165, 1.54) is 5.69 Å². The fourth-order valence-corrected chi connectivity index (χ4v) is 2.87. The number of carboxylic acids is 1. The lowest BCUT2D eigenvalue weighted by Crippen LogP contribution is -2.39. The molecule has 3 rings (SSSR count). The summed E-state index contributed by atoms with van der Waals surface area (Å²) in [4.78, 5) is 13.3. The van der Waals surface area contributed by atoms with Crippen molar-refractivity contribution in [2.24, 2.45) is 0 Å².